The first kappa shape index (κ1) is 15.1. The second kappa shape index (κ2) is 5.81. The summed E-state index contributed by atoms with van der Waals surface area (Å²) in [6, 6.07) is 2.79. The van der Waals surface area contributed by atoms with E-state index in [0.29, 0.717) is 17.4 Å². The molecule has 0 aromatic heterocycles. The van der Waals surface area contributed by atoms with Crippen LogP contribution in [0.4, 0.5) is 0 Å². The van der Waals surface area contributed by atoms with Gasteiger partial charge < -0.3 is 5.11 Å². The number of hydrogen-bond donors (Lipinski definition) is 2. The highest BCUT2D eigenvalue weighted by molar-refractivity contribution is 9.10. The number of halogens is 1. The summed E-state index contributed by atoms with van der Waals surface area (Å²) in [5.74, 6) is -1.15. The van der Waals surface area contributed by atoms with Gasteiger partial charge in [0.2, 0.25) is 10.0 Å². The number of carbonyl (C=O) groups is 1. The van der Waals surface area contributed by atoms with Crippen molar-refractivity contribution in [2.75, 3.05) is 6.54 Å². The molecule has 1 aromatic rings. The van der Waals surface area contributed by atoms with Gasteiger partial charge in [0.15, 0.2) is 0 Å². The average molecular weight is 336 g/mol. The van der Waals surface area contributed by atoms with Crippen LogP contribution in [0.2, 0.25) is 0 Å². The van der Waals surface area contributed by atoms with E-state index in [0.717, 1.165) is 0 Å². The quantitative estimate of drug-likeness (QED) is 0.863. The monoisotopic (exact) mass is 335 g/mol. The smallest absolute Gasteiger partial charge is 0.336 e. The molecule has 0 saturated carbocycles. The first-order valence-electron chi connectivity index (χ1n) is 5.32. The Hall–Kier alpha value is -0.920. The molecule has 0 heterocycles. The molecule has 5 nitrogen and oxygen atoms in total. The van der Waals surface area contributed by atoms with E-state index in [1.807, 2.05) is 6.92 Å². The molecule has 1 rings (SSSR count). The minimum Gasteiger partial charge on any atom is -0.478 e. The minimum absolute atomic E-state index is 0.0114. The maximum Gasteiger partial charge on any atom is 0.336 e. The number of carboxylic acid groups (broad SMARTS) is 1. The molecule has 100 valence electrons. The van der Waals surface area contributed by atoms with Gasteiger partial charge in [0.05, 0.1) is 10.5 Å². The number of nitrogens with one attached hydrogen (secondary N) is 1. The Kier molecular flexibility index (Phi) is 4.89. The third-order valence-corrected chi connectivity index (χ3v) is 4.43. The van der Waals surface area contributed by atoms with Crippen LogP contribution in [0.5, 0.6) is 0 Å². The fourth-order valence-corrected chi connectivity index (χ4v) is 3.50. The Morgan fingerprint density at radius 2 is 2.06 bits per heavy atom. The van der Waals surface area contributed by atoms with Crippen molar-refractivity contribution in [1.29, 1.82) is 0 Å². The van der Waals surface area contributed by atoms with Crippen LogP contribution in [0.25, 0.3) is 0 Å². The molecular formula is C11H14BrNO4S. The van der Waals surface area contributed by atoms with Crippen molar-refractivity contribution in [3.05, 3.63) is 27.7 Å². The molecule has 18 heavy (non-hydrogen) atoms. The van der Waals surface area contributed by atoms with Gasteiger partial charge in [0.1, 0.15) is 0 Å². The lowest BCUT2D eigenvalue weighted by molar-refractivity contribution is 0.0695. The Morgan fingerprint density at radius 3 is 2.56 bits per heavy atom. The van der Waals surface area contributed by atoms with Crippen LogP contribution >= 0.6 is 15.9 Å². The fourth-order valence-electron chi connectivity index (χ4n) is 1.47. The van der Waals surface area contributed by atoms with Gasteiger partial charge in [-0.25, -0.2) is 17.9 Å². The highest BCUT2D eigenvalue weighted by atomic mass is 79.9. The molecule has 0 spiro atoms. The van der Waals surface area contributed by atoms with E-state index in [4.69, 9.17) is 5.11 Å². The second-order valence-corrected chi connectivity index (χ2v) is 6.43. The van der Waals surface area contributed by atoms with Crippen LogP contribution < -0.4 is 4.72 Å². The van der Waals surface area contributed by atoms with E-state index in [2.05, 4.69) is 20.7 Å². The molecule has 0 saturated heterocycles. The summed E-state index contributed by atoms with van der Waals surface area (Å²) in [5, 5.41) is 9.02. The van der Waals surface area contributed by atoms with Crippen LogP contribution in [0.15, 0.2) is 21.5 Å². The Morgan fingerprint density at radius 1 is 1.44 bits per heavy atom. The Bertz CT molecular complexity index is 569. The van der Waals surface area contributed by atoms with Gasteiger partial charge in [-0.05, 0) is 31.0 Å². The summed E-state index contributed by atoms with van der Waals surface area (Å²) in [7, 11) is -3.67. The number of sulfonamides is 1. The van der Waals surface area contributed by atoms with E-state index in [9.17, 15) is 13.2 Å². The molecule has 0 atom stereocenters. The Labute approximate surface area is 114 Å². The summed E-state index contributed by atoms with van der Waals surface area (Å²) in [6.07, 6.45) is 0.665. The Balaban J connectivity index is 3.37. The van der Waals surface area contributed by atoms with Gasteiger partial charge in [0.25, 0.3) is 0 Å². The van der Waals surface area contributed by atoms with Gasteiger partial charge in [0, 0.05) is 11.0 Å². The van der Waals surface area contributed by atoms with Crippen LogP contribution in [0.1, 0.15) is 29.3 Å². The van der Waals surface area contributed by atoms with Gasteiger partial charge in [-0.15, -0.1) is 0 Å². The molecule has 0 fully saturated rings. The molecule has 0 aliphatic rings. The van der Waals surface area contributed by atoms with E-state index in [1.165, 1.54) is 19.1 Å². The highest BCUT2D eigenvalue weighted by Crippen LogP contribution is 2.24. The topological polar surface area (TPSA) is 83.5 Å². The molecule has 0 amide bonds. The van der Waals surface area contributed by atoms with Crippen molar-refractivity contribution >= 4 is 31.9 Å². The molecule has 7 heteroatoms. The number of hydrogen-bond acceptors (Lipinski definition) is 3. The molecule has 0 aliphatic carbocycles. The van der Waals surface area contributed by atoms with E-state index < -0.39 is 16.0 Å². The predicted octanol–water partition coefficient (Wildman–Crippen LogP) is 2.14. The van der Waals surface area contributed by atoms with Crippen molar-refractivity contribution in [2.45, 2.75) is 25.2 Å². The molecule has 2 N–H and O–H groups in total. The lowest BCUT2D eigenvalue weighted by Crippen LogP contribution is -2.25. The average Bonchev–Trinajstić information content (AvgIpc) is 2.28. The van der Waals surface area contributed by atoms with Gasteiger partial charge in [-0.2, -0.15) is 0 Å². The molecule has 1 aromatic carbocycles. The summed E-state index contributed by atoms with van der Waals surface area (Å²) in [6.45, 7) is 3.64. The normalized spacial score (nSPS) is 11.5. The minimum atomic E-state index is -3.67. The van der Waals surface area contributed by atoms with Crippen LogP contribution in [0, 0.1) is 6.92 Å². The molecule has 0 unspecified atom stereocenters. The number of aromatic carboxylic acids is 1. The third kappa shape index (κ3) is 3.30. The zero-order valence-electron chi connectivity index (χ0n) is 10.0. The first-order chi connectivity index (χ1) is 8.29. The van der Waals surface area contributed by atoms with Crippen LogP contribution in [-0.2, 0) is 10.0 Å². The number of rotatable bonds is 5. The maximum atomic E-state index is 12.0. The number of carboxylic acids is 1. The zero-order chi connectivity index (χ0) is 13.9. The van der Waals surface area contributed by atoms with Crippen molar-refractivity contribution in [1.82, 2.24) is 4.72 Å². The summed E-state index contributed by atoms with van der Waals surface area (Å²) in [5.41, 5.74) is 0.204. The third-order valence-electron chi connectivity index (χ3n) is 2.39. The lowest BCUT2D eigenvalue weighted by atomic mass is 10.1. The molecule has 0 aliphatic heterocycles. The summed E-state index contributed by atoms with van der Waals surface area (Å²) in [4.78, 5) is 11.0. The fraction of sp³-hybridized carbons (Fsp3) is 0.364. The molecule has 0 radical (unpaired) electrons. The highest BCUT2D eigenvalue weighted by Gasteiger charge is 2.21. The first-order valence-corrected chi connectivity index (χ1v) is 7.60. The zero-order valence-corrected chi connectivity index (χ0v) is 12.4. The van der Waals surface area contributed by atoms with Crippen LogP contribution in [-0.4, -0.2) is 26.0 Å². The largest absolute Gasteiger partial charge is 0.478 e. The summed E-state index contributed by atoms with van der Waals surface area (Å²) < 4.78 is 26.9. The van der Waals surface area contributed by atoms with Gasteiger partial charge >= 0.3 is 5.97 Å². The van der Waals surface area contributed by atoms with Crippen molar-refractivity contribution in [3.63, 3.8) is 0 Å². The van der Waals surface area contributed by atoms with Crippen molar-refractivity contribution in [2.24, 2.45) is 0 Å². The van der Waals surface area contributed by atoms with Crippen molar-refractivity contribution in [3.8, 4) is 0 Å². The van der Waals surface area contributed by atoms with E-state index in [1.54, 1.807) is 0 Å². The molecular weight excluding hydrogens is 322 g/mol. The van der Waals surface area contributed by atoms with Crippen LogP contribution in [0.3, 0.4) is 0 Å². The van der Waals surface area contributed by atoms with Crippen molar-refractivity contribution < 1.29 is 18.3 Å². The van der Waals surface area contributed by atoms with E-state index >= 15 is 0 Å². The molecule has 0 bridgehead atoms. The second-order valence-electron chi connectivity index (χ2n) is 3.78. The van der Waals surface area contributed by atoms with Gasteiger partial charge in [-0.1, -0.05) is 22.9 Å². The van der Waals surface area contributed by atoms with Gasteiger partial charge in [-0.3, -0.25) is 0 Å². The SMILES string of the molecule is CCCNS(=O)(=O)c1cc(Br)cc(C(=O)O)c1C. The summed E-state index contributed by atoms with van der Waals surface area (Å²) >= 11 is 3.12. The predicted molar refractivity (Wildman–Crippen MR) is 71.3 cm³/mol. The number of benzene rings is 1. The lowest BCUT2D eigenvalue weighted by Gasteiger charge is -2.11. The maximum absolute atomic E-state index is 12.0. The van der Waals surface area contributed by atoms with E-state index in [-0.39, 0.29) is 16.0 Å². The standard InChI is InChI=1S/C11H14BrNO4S/c1-3-4-13-18(16,17)10-6-8(12)5-9(7(10)2)11(14)15/h5-6,13H,3-4H2,1-2H3,(H,14,15).